The van der Waals surface area contributed by atoms with Gasteiger partial charge in [0.2, 0.25) is 21.8 Å². The van der Waals surface area contributed by atoms with Crippen LogP contribution in [0.5, 0.6) is 0 Å². The van der Waals surface area contributed by atoms with Gasteiger partial charge in [-0.2, -0.15) is 4.31 Å². The third-order valence-electron chi connectivity index (χ3n) is 5.62. The number of anilines is 2. The van der Waals surface area contributed by atoms with Crippen LogP contribution in [0.2, 0.25) is 0 Å². The van der Waals surface area contributed by atoms with Crippen LogP contribution in [0.15, 0.2) is 47.4 Å². The quantitative estimate of drug-likeness (QED) is 0.711. The Kier molecular flexibility index (Phi) is 6.81. The lowest BCUT2D eigenvalue weighted by atomic mass is 10.1. The number of aryl methyl sites for hydroxylation is 2. The van der Waals surface area contributed by atoms with E-state index in [1.165, 1.54) is 16.4 Å². The summed E-state index contributed by atoms with van der Waals surface area (Å²) in [6, 6.07) is 12.1. The summed E-state index contributed by atoms with van der Waals surface area (Å²) in [5.74, 6) is -0.790. The maximum absolute atomic E-state index is 12.8. The minimum absolute atomic E-state index is 0.0745. The van der Waals surface area contributed by atoms with Gasteiger partial charge >= 0.3 is 0 Å². The Labute approximate surface area is 184 Å². The molecular weight excluding hydrogens is 414 g/mol. The molecule has 1 saturated heterocycles. The van der Waals surface area contributed by atoms with Gasteiger partial charge in [0.15, 0.2) is 0 Å². The topological polar surface area (TPSA) is 86.8 Å². The lowest BCUT2D eigenvalue weighted by molar-refractivity contribution is -0.122. The van der Waals surface area contributed by atoms with Crippen LogP contribution in [-0.2, 0) is 19.6 Å². The number of nitrogens with one attached hydrogen (secondary N) is 1. The number of rotatable bonds is 7. The average Bonchev–Trinajstić information content (AvgIpc) is 3.12. The Bertz CT molecular complexity index is 1080. The van der Waals surface area contributed by atoms with E-state index in [4.69, 9.17) is 0 Å². The van der Waals surface area contributed by atoms with Gasteiger partial charge in [0.1, 0.15) is 0 Å². The standard InChI is InChI=1S/C23H29N3O4S/c1-5-25(6-2)31(29,30)20-11-9-19(10-12-20)24-23(28)18-14-22(27)26(15-18)21-13-16(3)7-8-17(21)4/h7-13,18H,5-6,14-15H2,1-4H3,(H,24,28). The zero-order chi connectivity index (χ0) is 22.8. The fourth-order valence-corrected chi connectivity index (χ4v) is 5.25. The summed E-state index contributed by atoms with van der Waals surface area (Å²) in [5.41, 5.74) is 3.39. The van der Waals surface area contributed by atoms with Crippen LogP contribution in [0.3, 0.4) is 0 Å². The summed E-state index contributed by atoms with van der Waals surface area (Å²) in [7, 11) is -3.55. The first-order valence-corrected chi connectivity index (χ1v) is 11.9. The van der Waals surface area contributed by atoms with E-state index in [-0.39, 0.29) is 23.1 Å². The number of nitrogens with zero attached hydrogens (tertiary/aromatic N) is 2. The Balaban J connectivity index is 1.70. The zero-order valence-corrected chi connectivity index (χ0v) is 19.2. The minimum Gasteiger partial charge on any atom is -0.326 e. The predicted molar refractivity (Wildman–Crippen MR) is 122 cm³/mol. The van der Waals surface area contributed by atoms with Gasteiger partial charge in [0.05, 0.1) is 10.8 Å². The van der Waals surface area contributed by atoms with Gasteiger partial charge in [0.25, 0.3) is 0 Å². The molecule has 0 spiro atoms. The molecule has 166 valence electrons. The summed E-state index contributed by atoms with van der Waals surface area (Å²) in [6.07, 6.45) is 0.146. The van der Waals surface area contributed by atoms with E-state index in [9.17, 15) is 18.0 Å². The molecule has 1 heterocycles. The maximum Gasteiger partial charge on any atom is 0.243 e. The Morgan fingerprint density at radius 1 is 1.10 bits per heavy atom. The lowest BCUT2D eigenvalue weighted by Gasteiger charge is -2.20. The molecule has 7 nitrogen and oxygen atoms in total. The highest BCUT2D eigenvalue weighted by molar-refractivity contribution is 7.89. The minimum atomic E-state index is -3.55. The largest absolute Gasteiger partial charge is 0.326 e. The fraction of sp³-hybridized carbons (Fsp3) is 0.391. The SMILES string of the molecule is CCN(CC)S(=O)(=O)c1ccc(NC(=O)C2CC(=O)N(c3cc(C)ccc3C)C2)cc1. The monoisotopic (exact) mass is 443 g/mol. The van der Waals surface area contributed by atoms with Gasteiger partial charge in [-0.1, -0.05) is 26.0 Å². The van der Waals surface area contributed by atoms with Gasteiger partial charge in [-0.15, -0.1) is 0 Å². The van der Waals surface area contributed by atoms with Crippen molar-refractivity contribution in [2.75, 3.05) is 29.9 Å². The summed E-state index contributed by atoms with van der Waals surface area (Å²) in [4.78, 5) is 27.2. The molecule has 3 rings (SSSR count). The highest BCUT2D eigenvalue weighted by atomic mass is 32.2. The second-order valence-corrected chi connectivity index (χ2v) is 9.74. The second-order valence-electron chi connectivity index (χ2n) is 7.80. The van der Waals surface area contributed by atoms with Gasteiger partial charge in [-0.05, 0) is 55.3 Å². The summed E-state index contributed by atoms with van der Waals surface area (Å²) < 4.78 is 26.6. The van der Waals surface area contributed by atoms with Crippen LogP contribution in [0.4, 0.5) is 11.4 Å². The Morgan fingerprint density at radius 3 is 2.35 bits per heavy atom. The molecule has 0 bridgehead atoms. The first kappa shape index (κ1) is 23.0. The van der Waals surface area contributed by atoms with E-state index in [1.54, 1.807) is 30.9 Å². The molecule has 1 aliphatic rings. The number of hydrogen-bond acceptors (Lipinski definition) is 4. The molecule has 0 aliphatic carbocycles. The molecule has 2 aromatic rings. The van der Waals surface area contributed by atoms with Crippen molar-refractivity contribution >= 4 is 33.2 Å². The molecular formula is C23H29N3O4S. The highest BCUT2D eigenvalue weighted by Gasteiger charge is 2.35. The molecule has 2 aromatic carbocycles. The zero-order valence-electron chi connectivity index (χ0n) is 18.4. The fourth-order valence-electron chi connectivity index (χ4n) is 3.79. The molecule has 1 atom stereocenters. The van der Waals surface area contributed by atoms with E-state index in [2.05, 4.69) is 5.32 Å². The lowest BCUT2D eigenvalue weighted by Crippen LogP contribution is -2.30. The number of sulfonamides is 1. The summed E-state index contributed by atoms with van der Waals surface area (Å²) in [5, 5.41) is 2.81. The van der Waals surface area contributed by atoms with Gasteiger partial charge in [-0.25, -0.2) is 8.42 Å². The van der Waals surface area contributed by atoms with Crippen molar-refractivity contribution < 1.29 is 18.0 Å². The van der Waals surface area contributed by atoms with Crippen LogP contribution >= 0.6 is 0 Å². The van der Waals surface area contributed by atoms with E-state index >= 15 is 0 Å². The van der Waals surface area contributed by atoms with Crippen molar-refractivity contribution in [3.05, 3.63) is 53.6 Å². The Morgan fingerprint density at radius 2 is 1.74 bits per heavy atom. The summed E-state index contributed by atoms with van der Waals surface area (Å²) >= 11 is 0. The van der Waals surface area contributed by atoms with Crippen LogP contribution < -0.4 is 10.2 Å². The van der Waals surface area contributed by atoms with Crippen molar-refractivity contribution in [1.82, 2.24) is 4.31 Å². The normalized spacial score (nSPS) is 16.7. The molecule has 0 radical (unpaired) electrons. The number of hydrogen-bond donors (Lipinski definition) is 1. The number of amides is 2. The molecule has 8 heteroatoms. The molecule has 31 heavy (non-hydrogen) atoms. The smallest absolute Gasteiger partial charge is 0.243 e. The van der Waals surface area contributed by atoms with Crippen LogP contribution in [0, 0.1) is 19.8 Å². The third kappa shape index (κ3) is 4.80. The van der Waals surface area contributed by atoms with E-state index < -0.39 is 15.9 Å². The van der Waals surface area contributed by atoms with Gasteiger partial charge in [0, 0.05) is 37.4 Å². The molecule has 0 saturated carbocycles. The molecule has 2 amide bonds. The van der Waals surface area contributed by atoms with Crippen molar-refractivity contribution in [2.24, 2.45) is 5.92 Å². The van der Waals surface area contributed by atoms with E-state index in [0.717, 1.165) is 16.8 Å². The molecule has 1 aliphatic heterocycles. The van der Waals surface area contributed by atoms with Crippen molar-refractivity contribution in [3.63, 3.8) is 0 Å². The van der Waals surface area contributed by atoms with Gasteiger partial charge < -0.3 is 10.2 Å². The van der Waals surface area contributed by atoms with Gasteiger partial charge in [-0.3, -0.25) is 9.59 Å². The Hall–Kier alpha value is -2.71. The number of benzene rings is 2. The number of carbonyl (C=O) groups is 2. The van der Waals surface area contributed by atoms with Crippen LogP contribution in [0.1, 0.15) is 31.4 Å². The third-order valence-corrected chi connectivity index (χ3v) is 7.68. The average molecular weight is 444 g/mol. The first-order chi connectivity index (χ1) is 14.7. The van der Waals surface area contributed by atoms with E-state index in [0.29, 0.717) is 25.3 Å². The van der Waals surface area contributed by atoms with Crippen LogP contribution in [0.25, 0.3) is 0 Å². The first-order valence-electron chi connectivity index (χ1n) is 10.5. The molecule has 1 fully saturated rings. The second kappa shape index (κ2) is 9.20. The molecule has 1 N–H and O–H groups in total. The summed E-state index contributed by atoms with van der Waals surface area (Å²) in [6.45, 7) is 8.61. The molecule has 0 aromatic heterocycles. The molecule has 1 unspecified atom stereocenters. The van der Waals surface area contributed by atoms with Crippen LogP contribution in [-0.4, -0.2) is 44.2 Å². The van der Waals surface area contributed by atoms with Crippen molar-refractivity contribution in [2.45, 2.75) is 39.0 Å². The number of carbonyl (C=O) groups excluding carboxylic acids is 2. The van der Waals surface area contributed by atoms with E-state index in [1.807, 2.05) is 32.0 Å². The predicted octanol–water partition coefficient (Wildman–Crippen LogP) is 3.33. The van der Waals surface area contributed by atoms with Crippen molar-refractivity contribution in [1.29, 1.82) is 0 Å². The highest BCUT2D eigenvalue weighted by Crippen LogP contribution is 2.29. The van der Waals surface area contributed by atoms with Crippen molar-refractivity contribution in [3.8, 4) is 0 Å². The maximum atomic E-state index is 12.8.